The highest BCUT2D eigenvalue weighted by Crippen LogP contribution is 2.32. The molecule has 0 radical (unpaired) electrons. The molecule has 0 spiro atoms. The van der Waals surface area contributed by atoms with E-state index in [1.165, 1.54) is 23.9 Å². The molecule has 0 saturated carbocycles. The summed E-state index contributed by atoms with van der Waals surface area (Å²) in [4.78, 5) is 0.694. The summed E-state index contributed by atoms with van der Waals surface area (Å²) >= 11 is 5.62. The minimum atomic E-state index is -4.25. The first kappa shape index (κ1) is 15.8. The number of unbranched alkanes of at least 4 members (excludes halogenated alkanes) is 3. The van der Waals surface area contributed by atoms with Crippen LogP contribution in [0.2, 0.25) is 0 Å². The van der Waals surface area contributed by atoms with E-state index >= 15 is 0 Å². The van der Waals surface area contributed by atoms with Crippen molar-refractivity contribution in [2.45, 2.75) is 36.8 Å². The van der Waals surface area contributed by atoms with E-state index in [-0.39, 0.29) is 0 Å². The van der Waals surface area contributed by atoms with E-state index < -0.39 is 11.7 Å². The zero-order chi connectivity index (χ0) is 13.4. The second-order valence-corrected chi connectivity index (χ2v) is 5.63. The lowest BCUT2D eigenvalue weighted by molar-refractivity contribution is -0.137. The lowest BCUT2D eigenvalue weighted by atomic mass is 10.2. The van der Waals surface area contributed by atoms with E-state index in [2.05, 4.69) is 12.6 Å². The van der Waals surface area contributed by atoms with Crippen LogP contribution in [0, 0.1) is 0 Å². The van der Waals surface area contributed by atoms with Gasteiger partial charge in [0.15, 0.2) is 0 Å². The maximum absolute atomic E-state index is 12.5. The maximum atomic E-state index is 12.5. The van der Waals surface area contributed by atoms with Gasteiger partial charge in [0.2, 0.25) is 0 Å². The molecular formula is C13H17F3S2. The number of hydrogen-bond donors (Lipinski definition) is 1. The SMILES string of the molecule is FC(F)(F)c1cccc(SCCCCCCS)c1. The standard InChI is InChI=1S/C13H17F3S2/c14-13(15,16)11-6-5-7-12(10-11)18-9-4-2-1-3-8-17/h5-7,10,17H,1-4,8-9H2. The minimum Gasteiger partial charge on any atom is -0.179 e. The van der Waals surface area contributed by atoms with Crippen molar-refractivity contribution < 1.29 is 13.2 Å². The highest BCUT2D eigenvalue weighted by atomic mass is 32.2. The minimum absolute atomic E-state index is 0.567. The van der Waals surface area contributed by atoms with Crippen LogP contribution in [0.25, 0.3) is 0 Å². The van der Waals surface area contributed by atoms with Crippen molar-refractivity contribution >= 4 is 24.4 Å². The molecule has 0 fully saturated rings. The van der Waals surface area contributed by atoms with Crippen molar-refractivity contribution in [1.82, 2.24) is 0 Å². The second kappa shape index (κ2) is 8.00. The number of alkyl halides is 3. The summed E-state index contributed by atoms with van der Waals surface area (Å²) in [6, 6.07) is 5.52. The molecule has 0 amide bonds. The molecule has 0 heterocycles. The number of benzene rings is 1. The Bertz CT molecular complexity index is 350. The van der Waals surface area contributed by atoms with E-state index in [0.29, 0.717) is 4.90 Å². The molecule has 5 heteroatoms. The molecular weight excluding hydrogens is 277 g/mol. The van der Waals surface area contributed by atoms with Gasteiger partial charge in [-0.1, -0.05) is 18.9 Å². The third kappa shape index (κ3) is 6.05. The normalized spacial score (nSPS) is 11.8. The molecule has 0 aliphatic heterocycles. The van der Waals surface area contributed by atoms with Gasteiger partial charge in [-0.15, -0.1) is 11.8 Å². The molecule has 0 unspecified atom stereocenters. The summed E-state index contributed by atoms with van der Waals surface area (Å²) in [6.07, 6.45) is 0.161. The molecule has 102 valence electrons. The van der Waals surface area contributed by atoms with Crippen LogP contribution < -0.4 is 0 Å². The molecule has 1 aromatic carbocycles. The van der Waals surface area contributed by atoms with Gasteiger partial charge in [-0.25, -0.2) is 0 Å². The third-order valence-electron chi connectivity index (χ3n) is 2.48. The zero-order valence-electron chi connectivity index (χ0n) is 10.0. The van der Waals surface area contributed by atoms with Gasteiger partial charge in [0.25, 0.3) is 0 Å². The Morgan fingerprint density at radius 2 is 1.78 bits per heavy atom. The highest BCUT2D eigenvalue weighted by Gasteiger charge is 2.30. The van der Waals surface area contributed by atoms with E-state index in [1.54, 1.807) is 6.07 Å². The van der Waals surface area contributed by atoms with Crippen molar-refractivity contribution in [2.75, 3.05) is 11.5 Å². The van der Waals surface area contributed by atoms with Crippen LogP contribution in [0.3, 0.4) is 0 Å². The van der Waals surface area contributed by atoms with Gasteiger partial charge in [-0.2, -0.15) is 25.8 Å². The Labute approximate surface area is 116 Å². The summed E-state index contributed by atoms with van der Waals surface area (Å²) < 4.78 is 37.4. The Morgan fingerprint density at radius 1 is 1.06 bits per heavy atom. The summed E-state index contributed by atoms with van der Waals surface area (Å²) in [5, 5.41) is 0. The van der Waals surface area contributed by atoms with E-state index in [1.807, 2.05) is 0 Å². The van der Waals surface area contributed by atoms with Crippen LogP contribution in [0.5, 0.6) is 0 Å². The Kier molecular flexibility index (Phi) is 7.00. The van der Waals surface area contributed by atoms with E-state index in [4.69, 9.17) is 0 Å². The highest BCUT2D eigenvalue weighted by molar-refractivity contribution is 7.99. The number of thioether (sulfide) groups is 1. The fourth-order valence-corrected chi connectivity index (χ4v) is 2.71. The van der Waals surface area contributed by atoms with Gasteiger partial charge in [0, 0.05) is 4.90 Å². The molecule has 0 aliphatic rings. The molecule has 0 aliphatic carbocycles. The van der Waals surface area contributed by atoms with Crippen LogP contribution in [-0.4, -0.2) is 11.5 Å². The van der Waals surface area contributed by atoms with Crippen molar-refractivity contribution in [2.24, 2.45) is 0 Å². The van der Waals surface area contributed by atoms with Gasteiger partial charge >= 0.3 is 6.18 Å². The van der Waals surface area contributed by atoms with E-state index in [0.717, 1.165) is 43.3 Å². The van der Waals surface area contributed by atoms with Gasteiger partial charge in [-0.3, -0.25) is 0 Å². The maximum Gasteiger partial charge on any atom is 0.416 e. The molecule has 1 aromatic rings. The smallest absolute Gasteiger partial charge is 0.179 e. The van der Waals surface area contributed by atoms with Crippen molar-refractivity contribution in [3.05, 3.63) is 29.8 Å². The number of halogens is 3. The molecule has 0 N–H and O–H groups in total. The zero-order valence-corrected chi connectivity index (χ0v) is 11.8. The van der Waals surface area contributed by atoms with Crippen LogP contribution in [-0.2, 0) is 6.18 Å². The molecule has 0 atom stereocenters. The number of hydrogen-bond acceptors (Lipinski definition) is 2. The predicted molar refractivity (Wildman–Crippen MR) is 74.5 cm³/mol. The summed E-state index contributed by atoms with van der Waals surface area (Å²) in [5.74, 6) is 1.77. The topological polar surface area (TPSA) is 0 Å². The Balaban J connectivity index is 2.34. The first-order valence-corrected chi connectivity index (χ1v) is 7.57. The van der Waals surface area contributed by atoms with Crippen LogP contribution >= 0.6 is 24.4 Å². The molecule has 0 aromatic heterocycles. The van der Waals surface area contributed by atoms with Gasteiger partial charge in [0.1, 0.15) is 0 Å². The number of rotatable bonds is 7. The summed E-state index contributed by atoms with van der Waals surface area (Å²) in [7, 11) is 0. The molecule has 0 bridgehead atoms. The van der Waals surface area contributed by atoms with Crippen molar-refractivity contribution in [3.8, 4) is 0 Å². The molecule has 0 saturated heterocycles. The first-order valence-electron chi connectivity index (χ1n) is 5.95. The van der Waals surface area contributed by atoms with Gasteiger partial charge in [0.05, 0.1) is 5.56 Å². The number of thiol groups is 1. The second-order valence-electron chi connectivity index (χ2n) is 4.01. The van der Waals surface area contributed by atoms with Crippen molar-refractivity contribution in [1.29, 1.82) is 0 Å². The van der Waals surface area contributed by atoms with Crippen LogP contribution in [0.15, 0.2) is 29.2 Å². The van der Waals surface area contributed by atoms with Gasteiger partial charge < -0.3 is 0 Å². The monoisotopic (exact) mass is 294 g/mol. The third-order valence-corrected chi connectivity index (χ3v) is 3.88. The van der Waals surface area contributed by atoms with Crippen molar-refractivity contribution in [3.63, 3.8) is 0 Å². The van der Waals surface area contributed by atoms with E-state index in [9.17, 15) is 13.2 Å². The fraction of sp³-hybridized carbons (Fsp3) is 0.538. The largest absolute Gasteiger partial charge is 0.416 e. The fourth-order valence-electron chi connectivity index (χ4n) is 1.52. The lowest BCUT2D eigenvalue weighted by Crippen LogP contribution is -2.04. The Hall–Kier alpha value is -0.290. The first-order chi connectivity index (χ1) is 8.54. The summed E-state index contributed by atoms with van der Waals surface area (Å²) in [5.41, 5.74) is -0.567. The van der Waals surface area contributed by atoms with Gasteiger partial charge in [-0.05, 0) is 42.5 Å². The molecule has 0 nitrogen and oxygen atoms in total. The summed E-state index contributed by atoms with van der Waals surface area (Å²) in [6.45, 7) is 0. The average molecular weight is 294 g/mol. The lowest BCUT2D eigenvalue weighted by Gasteiger charge is -2.08. The van der Waals surface area contributed by atoms with Crippen LogP contribution in [0.1, 0.15) is 31.2 Å². The molecule has 1 rings (SSSR count). The predicted octanol–water partition coefficient (Wildman–Crippen LogP) is 5.29. The Morgan fingerprint density at radius 3 is 2.44 bits per heavy atom. The van der Waals surface area contributed by atoms with Crippen LogP contribution in [0.4, 0.5) is 13.2 Å². The average Bonchev–Trinajstić information content (AvgIpc) is 2.33. The molecule has 18 heavy (non-hydrogen) atoms. The quantitative estimate of drug-likeness (QED) is 0.405.